The molecule has 102 valence electrons. The minimum atomic E-state index is -5.26. The highest BCUT2D eigenvalue weighted by Crippen LogP contribution is 2.40. The molecule has 0 aliphatic rings. The van der Waals surface area contributed by atoms with Gasteiger partial charge in [0.15, 0.2) is 5.75 Å². The number of alkyl halides is 6. The summed E-state index contributed by atoms with van der Waals surface area (Å²) in [6.45, 7) is -0.828. The van der Waals surface area contributed by atoms with E-state index >= 15 is 0 Å². The van der Waals surface area contributed by atoms with Crippen LogP contribution >= 0.6 is 22.6 Å². The van der Waals surface area contributed by atoms with Gasteiger partial charge in [-0.2, -0.15) is 13.2 Å². The summed E-state index contributed by atoms with van der Waals surface area (Å²) in [6.07, 6.45) is -10.3. The van der Waals surface area contributed by atoms with Gasteiger partial charge in [-0.25, -0.2) is 4.98 Å². The van der Waals surface area contributed by atoms with Crippen molar-refractivity contribution in [3.63, 3.8) is 0 Å². The van der Waals surface area contributed by atoms with Crippen molar-refractivity contribution in [1.82, 2.24) is 4.98 Å². The molecule has 0 amide bonds. The average molecular weight is 387 g/mol. The summed E-state index contributed by atoms with van der Waals surface area (Å²) < 4.78 is 76.4. The molecule has 3 nitrogen and oxygen atoms in total. The number of rotatable bonds is 2. The molecule has 0 spiro atoms. The lowest BCUT2D eigenvalue weighted by atomic mass is 10.2. The van der Waals surface area contributed by atoms with Gasteiger partial charge in [0.05, 0.1) is 12.3 Å². The molecule has 1 aromatic rings. The van der Waals surface area contributed by atoms with Crippen LogP contribution in [0, 0.1) is 3.70 Å². The molecule has 18 heavy (non-hydrogen) atoms. The quantitative estimate of drug-likeness (QED) is 0.482. The molecule has 0 bridgehead atoms. The maximum Gasteiger partial charge on any atom is 0.573 e. The van der Waals surface area contributed by atoms with Crippen molar-refractivity contribution in [2.45, 2.75) is 19.1 Å². The third-order valence-corrected chi connectivity index (χ3v) is 2.40. The molecule has 0 unspecified atom stereocenters. The van der Waals surface area contributed by atoms with Crippen LogP contribution in [-0.4, -0.2) is 16.5 Å². The Morgan fingerprint density at radius 2 is 1.78 bits per heavy atom. The number of aliphatic hydroxyl groups is 1. The van der Waals surface area contributed by atoms with Gasteiger partial charge in [0.25, 0.3) is 0 Å². The predicted octanol–water partition coefficient (Wildman–Crippen LogP) is 3.10. The average Bonchev–Trinajstić information content (AvgIpc) is 2.17. The normalized spacial score (nSPS) is 12.7. The van der Waals surface area contributed by atoms with Crippen molar-refractivity contribution in [3.05, 3.63) is 21.0 Å². The van der Waals surface area contributed by atoms with Gasteiger partial charge in [0.1, 0.15) is 9.26 Å². The van der Waals surface area contributed by atoms with Gasteiger partial charge in [-0.1, -0.05) is 0 Å². The number of hydrogen-bond acceptors (Lipinski definition) is 3. The van der Waals surface area contributed by atoms with Crippen molar-refractivity contribution in [2.24, 2.45) is 0 Å². The minimum Gasteiger partial charge on any atom is -0.402 e. The third kappa shape index (κ3) is 3.86. The van der Waals surface area contributed by atoms with E-state index in [1.807, 2.05) is 0 Å². The standard InChI is InChI=1S/C8H4F6INO2/c9-7(10,11)4-1-3(2-17)16-6(15)5(4)18-8(12,13)14/h1,17H,2H2. The molecule has 1 aromatic heterocycles. The largest absolute Gasteiger partial charge is 0.573 e. The van der Waals surface area contributed by atoms with Crippen LogP contribution in [0.2, 0.25) is 0 Å². The first-order valence-electron chi connectivity index (χ1n) is 4.18. The highest BCUT2D eigenvalue weighted by molar-refractivity contribution is 14.1. The van der Waals surface area contributed by atoms with E-state index in [0.29, 0.717) is 6.07 Å². The van der Waals surface area contributed by atoms with Crippen LogP contribution in [0.1, 0.15) is 11.3 Å². The van der Waals surface area contributed by atoms with E-state index in [-0.39, 0.29) is 0 Å². The summed E-state index contributed by atoms with van der Waals surface area (Å²) >= 11 is 1.17. The molecule has 0 saturated heterocycles. The SMILES string of the molecule is OCc1cc(C(F)(F)F)c(OC(F)(F)F)c(I)n1. The van der Waals surface area contributed by atoms with Crippen LogP contribution in [0.3, 0.4) is 0 Å². The third-order valence-electron chi connectivity index (χ3n) is 1.67. The second-order valence-electron chi connectivity index (χ2n) is 2.98. The fraction of sp³-hybridized carbons (Fsp3) is 0.375. The van der Waals surface area contributed by atoms with Gasteiger partial charge in [0.2, 0.25) is 0 Å². The molecule has 0 aromatic carbocycles. The molecule has 1 N–H and O–H groups in total. The number of halogens is 7. The number of aromatic nitrogens is 1. The first-order valence-corrected chi connectivity index (χ1v) is 5.25. The second-order valence-corrected chi connectivity index (χ2v) is 4.01. The summed E-state index contributed by atoms with van der Waals surface area (Å²) in [6, 6.07) is 0.309. The Morgan fingerprint density at radius 1 is 1.22 bits per heavy atom. The van der Waals surface area contributed by atoms with Gasteiger partial charge < -0.3 is 9.84 Å². The molecule has 0 fully saturated rings. The van der Waals surface area contributed by atoms with Crippen molar-refractivity contribution in [1.29, 1.82) is 0 Å². The van der Waals surface area contributed by atoms with Crippen molar-refractivity contribution < 1.29 is 36.2 Å². The zero-order valence-corrected chi connectivity index (χ0v) is 10.4. The minimum absolute atomic E-state index is 0.309. The van der Waals surface area contributed by atoms with Gasteiger partial charge >= 0.3 is 12.5 Å². The Hall–Kier alpha value is -0.780. The number of aliphatic hydroxyl groups excluding tert-OH is 1. The number of nitrogens with zero attached hydrogens (tertiary/aromatic N) is 1. The van der Waals surface area contributed by atoms with Crippen molar-refractivity contribution in [3.8, 4) is 5.75 Å². The van der Waals surface area contributed by atoms with Gasteiger partial charge in [0, 0.05) is 0 Å². The molecule has 10 heteroatoms. The molecule has 1 heterocycles. The van der Waals surface area contributed by atoms with Crippen LogP contribution in [0.25, 0.3) is 0 Å². The Labute approximate surface area is 110 Å². The Kier molecular flexibility index (Phi) is 4.30. The smallest absolute Gasteiger partial charge is 0.402 e. The van der Waals surface area contributed by atoms with Crippen LogP contribution < -0.4 is 4.74 Å². The Balaban J connectivity index is 3.39. The van der Waals surface area contributed by atoms with Crippen molar-refractivity contribution in [2.75, 3.05) is 0 Å². The lowest BCUT2D eigenvalue weighted by molar-refractivity contribution is -0.276. The molecule has 0 aliphatic heterocycles. The maximum absolute atomic E-state index is 12.6. The van der Waals surface area contributed by atoms with Gasteiger partial charge in [-0.15, -0.1) is 13.2 Å². The molecule has 0 atom stereocenters. The molecular formula is C8H4F6INO2. The summed E-state index contributed by atoms with van der Waals surface area (Å²) in [5.41, 5.74) is -2.04. The molecule has 0 radical (unpaired) electrons. The summed E-state index contributed by atoms with van der Waals surface area (Å²) in [4.78, 5) is 3.36. The Morgan fingerprint density at radius 3 is 2.17 bits per heavy atom. The zero-order chi connectivity index (χ0) is 14.1. The zero-order valence-electron chi connectivity index (χ0n) is 8.23. The fourth-order valence-electron chi connectivity index (χ4n) is 1.06. The van der Waals surface area contributed by atoms with E-state index in [1.165, 1.54) is 22.6 Å². The highest BCUT2D eigenvalue weighted by atomic mass is 127. The van der Waals surface area contributed by atoms with E-state index < -0.39 is 39.9 Å². The van der Waals surface area contributed by atoms with E-state index in [0.717, 1.165) is 0 Å². The fourth-order valence-corrected chi connectivity index (χ4v) is 1.77. The maximum atomic E-state index is 12.6. The van der Waals surface area contributed by atoms with E-state index in [2.05, 4.69) is 9.72 Å². The number of pyridine rings is 1. The van der Waals surface area contributed by atoms with E-state index in [4.69, 9.17) is 5.11 Å². The lowest BCUT2D eigenvalue weighted by Gasteiger charge is -2.17. The Bertz CT molecular complexity index is 444. The molecular weight excluding hydrogens is 383 g/mol. The molecule has 0 aliphatic carbocycles. The first kappa shape index (κ1) is 15.3. The van der Waals surface area contributed by atoms with Crippen LogP contribution in [0.15, 0.2) is 6.07 Å². The molecule has 1 rings (SSSR count). The highest BCUT2D eigenvalue weighted by Gasteiger charge is 2.41. The second kappa shape index (κ2) is 5.07. The summed E-state index contributed by atoms with van der Waals surface area (Å²) in [5, 5.41) is 8.68. The lowest BCUT2D eigenvalue weighted by Crippen LogP contribution is -2.22. The monoisotopic (exact) mass is 387 g/mol. The van der Waals surface area contributed by atoms with Crippen molar-refractivity contribution >= 4 is 22.6 Å². The molecule has 0 saturated carbocycles. The van der Waals surface area contributed by atoms with E-state index in [9.17, 15) is 26.3 Å². The van der Waals surface area contributed by atoms with Gasteiger partial charge in [-0.05, 0) is 28.7 Å². The first-order chi connectivity index (χ1) is 8.04. The predicted molar refractivity (Wildman–Crippen MR) is 54.6 cm³/mol. The number of ether oxygens (including phenoxy) is 1. The van der Waals surface area contributed by atoms with Crippen LogP contribution in [-0.2, 0) is 12.8 Å². The van der Waals surface area contributed by atoms with E-state index in [1.54, 1.807) is 0 Å². The summed E-state index contributed by atoms with van der Waals surface area (Å²) in [5.74, 6) is -1.42. The van der Waals surface area contributed by atoms with Crippen LogP contribution in [0.5, 0.6) is 5.75 Å². The summed E-state index contributed by atoms with van der Waals surface area (Å²) in [7, 11) is 0. The van der Waals surface area contributed by atoms with Gasteiger partial charge in [-0.3, -0.25) is 0 Å². The number of hydrogen-bond donors (Lipinski definition) is 1. The topological polar surface area (TPSA) is 42.4 Å². The van der Waals surface area contributed by atoms with Crippen LogP contribution in [0.4, 0.5) is 26.3 Å².